The van der Waals surface area contributed by atoms with Crippen LogP contribution in [0.1, 0.15) is 6.92 Å². The summed E-state index contributed by atoms with van der Waals surface area (Å²) in [5.74, 6) is 0. The number of oxime groups is 1. The average molecular weight is 88.1 g/mol. The lowest BCUT2D eigenvalue weighted by molar-refractivity contribution is 0.236. The SMILES string of the molecule is C/C(C[O])=N/O. The summed E-state index contributed by atoms with van der Waals surface area (Å²) in [4.78, 5) is 0. The summed E-state index contributed by atoms with van der Waals surface area (Å²) in [6.07, 6.45) is 0. The molecular weight excluding hydrogens is 82.0 g/mol. The molecule has 1 radical (unpaired) electrons. The topological polar surface area (TPSA) is 52.5 Å². The molecule has 0 rings (SSSR count). The fraction of sp³-hybridized carbons (Fsp3) is 0.667. The lowest BCUT2D eigenvalue weighted by Crippen LogP contribution is -1.93. The molecular formula is C3H6NO2. The second-order valence-electron chi connectivity index (χ2n) is 0.980. The van der Waals surface area contributed by atoms with E-state index < -0.39 is 6.61 Å². The lowest BCUT2D eigenvalue weighted by Gasteiger charge is -1.79. The molecule has 0 aliphatic heterocycles. The minimum Gasteiger partial charge on any atom is -0.411 e. The van der Waals surface area contributed by atoms with Crippen LogP contribution in [0.2, 0.25) is 0 Å². The molecule has 1 N–H and O–H groups in total. The number of nitrogens with zero attached hydrogens (tertiary/aromatic N) is 1. The van der Waals surface area contributed by atoms with Gasteiger partial charge in [-0.25, -0.2) is 5.11 Å². The van der Waals surface area contributed by atoms with Gasteiger partial charge in [0.25, 0.3) is 0 Å². The van der Waals surface area contributed by atoms with Gasteiger partial charge in [-0.1, -0.05) is 5.16 Å². The molecule has 0 aliphatic carbocycles. The molecule has 0 aromatic carbocycles. The summed E-state index contributed by atoms with van der Waals surface area (Å²) >= 11 is 0. The summed E-state index contributed by atoms with van der Waals surface area (Å²) in [7, 11) is 0. The van der Waals surface area contributed by atoms with Gasteiger partial charge in [0, 0.05) is 0 Å². The van der Waals surface area contributed by atoms with Gasteiger partial charge in [0.05, 0.1) is 5.71 Å². The molecule has 0 saturated carbocycles. The molecule has 3 nitrogen and oxygen atoms in total. The Labute approximate surface area is 35.9 Å². The van der Waals surface area contributed by atoms with Gasteiger partial charge in [-0.2, -0.15) is 0 Å². The predicted octanol–water partition coefficient (Wildman–Crippen LogP) is 0.267. The molecule has 0 amide bonds. The summed E-state index contributed by atoms with van der Waals surface area (Å²) < 4.78 is 0. The van der Waals surface area contributed by atoms with E-state index in [2.05, 4.69) is 5.16 Å². The standard InChI is InChI=1S/C3H6NO2/c1-3(2-5)4-6/h6H,2H2,1H3/b4-3-. The first kappa shape index (κ1) is 5.43. The monoisotopic (exact) mass is 88.0 g/mol. The normalized spacial score (nSPS) is 12.0. The van der Waals surface area contributed by atoms with Crippen molar-refractivity contribution in [3.05, 3.63) is 0 Å². The van der Waals surface area contributed by atoms with Gasteiger partial charge < -0.3 is 5.21 Å². The number of hydrogen-bond acceptors (Lipinski definition) is 2. The Kier molecular flexibility index (Phi) is 2.40. The lowest BCUT2D eigenvalue weighted by atomic mass is 10.5. The van der Waals surface area contributed by atoms with Gasteiger partial charge in [0.15, 0.2) is 0 Å². The van der Waals surface area contributed by atoms with Crippen molar-refractivity contribution in [1.82, 2.24) is 0 Å². The fourth-order valence-corrected chi connectivity index (χ4v) is 0.0289. The van der Waals surface area contributed by atoms with E-state index in [9.17, 15) is 5.11 Å². The van der Waals surface area contributed by atoms with Crippen molar-refractivity contribution in [3.8, 4) is 0 Å². The molecule has 0 fully saturated rings. The van der Waals surface area contributed by atoms with Crippen LogP contribution in [0, 0.1) is 0 Å². The van der Waals surface area contributed by atoms with Crippen molar-refractivity contribution >= 4 is 5.71 Å². The predicted molar refractivity (Wildman–Crippen MR) is 20.4 cm³/mol. The van der Waals surface area contributed by atoms with Crippen LogP contribution in [0.5, 0.6) is 0 Å². The molecule has 0 saturated heterocycles. The highest BCUT2D eigenvalue weighted by molar-refractivity contribution is 5.82. The largest absolute Gasteiger partial charge is 0.411 e. The minimum atomic E-state index is -0.420. The van der Waals surface area contributed by atoms with E-state index in [1.54, 1.807) is 0 Å². The Bertz CT molecular complexity index is 59.8. The Morgan fingerprint density at radius 2 is 2.50 bits per heavy atom. The van der Waals surface area contributed by atoms with Gasteiger partial charge in [0.1, 0.15) is 6.61 Å². The number of hydrogen-bond donors (Lipinski definition) is 1. The molecule has 3 heteroatoms. The molecule has 0 unspecified atom stereocenters. The smallest absolute Gasteiger partial charge is 0.123 e. The fourth-order valence-electron chi connectivity index (χ4n) is 0.0289. The van der Waals surface area contributed by atoms with Crippen LogP contribution >= 0.6 is 0 Å². The van der Waals surface area contributed by atoms with Crippen molar-refractivity contribution in [2.24, 2.45) is 5.16 Å². The van der Waals surface area contributed by atoms with E-state index in [0.717, 1.165) is 0 Å². The van der Waals surface area contributed by atoms with Crippen LogP contribution in [0.15, 0.2) is 5.16 Å². The Hall–Kier alpha value is -0.570. The van der Waals surface area contributed by atoms with Gasteiger partial charge in [0.2, 0.25) is 0 Å². The molecule has 0 atom stereocenters. The van der Waals surface area contributed by atoms with Gasteiger partial charge in [-0.05, 0) is 6.92 Å². The van der Waals surface area contributed by atoms with Crippen molar-refractivity contribution in [2.45, 2.75) is 6.92 Å². The van der Waals surface area contributed by atoms with E-state index in [4.69, 9.17) is 5.21 Å². The highest BCUT2D eigenvalue weighted by Gasteiger charge is 1.81. The van der Waals surface area contributed by atoms with Gasteiger partial charge >= 0.3 is 0 Å². The maximum Gasteiger partial charge on any atom is 0.123 e. The molecule has 0 aromatic heterocycles. The number of rotatable bonds is 1. The molecule has 0 aliphatic rings. The van der Waals surface area contributed by atoms with Crippen molar-refractivity contribution in [2.75, 3.05) is 6.61 Å². The molecule has 35 valence electrons. The third-order valence-electron chi connectivity index (χ3n) is 0.380. The Balaban J connectivity index is 3.22. The van der Waals surface area contributed by atoms with Crippen LogP contribution in [0.4, 0.5) is 0 Å². The van der Waals surface area contributed by atoms with Crippen LogP contribution in [-0.4, -0.2) is 17.5 Å². The van der Waals surface area contributed by atoms with Crippen LogP contribution in [0.25, 0.3) is 0 Å². The first-order valence-electron chi connectivity index (χ1n) is 1.57. The first-order chi connectivity index (χ1) is 2.81. The van der Waals surface area contributed by atoms with Crippen molar-refractivity contribution < 1.29 is 10.3 Å². The van der Waals surface area contributed by atoms with E-state index in [0.29, 0.717) is 0 Å². The summed E-state index contributed by atoms with van der Waals surface area (Å²) in [6, 6.07) is 0. The molecule has 0 aromatic rings. The Morgan fingerprint density at radius 3 is 2.50 bits per heavy atom. The van der Waals surface area contributed by atoms with Crippen LogP contribution < -0.4 is 0 Å². The highest BCUT2D eigenvalue weighted by Crippen LogP contribution is 1.67. The zero-order valence-corrected chi connectivity index (χ0v) is 3.51. The van der Waals surface area contributed by atoms with E-state index in [-0.39, 0.29) is 5.71 Å². The van der Waals surface area contributed by atoms with E-state index in [1.165, 1.54) is 6.92 Å². The maximum atomic E-state index is 9.57. The maximum absolute atomic E-state index is 9.57. The molecule has 0 spiro atoms. The van der Waals surface area contributed by atoms with Gasteiger partial charge in [-0.15, -0.1) is 0 Å². The molecule has 0 heterocycles. The van der Waals surface area contributed by atoms with E-state index in [1.807, 2.05) is 0 Å². The highest BCUT2D eigenvalue weighted by atomic mass is 16.4. The zero-order valence-electron chi connectivity index (χ0n) is 3.51. The summed E-state index contributed by atoms with van der Waals surface area (Å²) in [5.41, 5.74) is 0.218. The second kappa shape index (κ2) is 2.66. The van der Waals surface area contributed by atoms with Crippen molar-refractivity contribution in [1.29, 1.82) is 0 Å². The zero-order chi connectivity index (χ0) is 4.99. The Morgan fingerprint density at radius 1 is 2.00 bits per heavy atom. The molecule has 6 heavy (non-hydrogen) atoms. The van der Waals surface area contributed by atoms with Gasteiger partial charge in [-0.3, -0.25) is 0 Å². The quantitative estimate of drug-likeness (QED) is 0.279. The summed E-state index contributed by atoms with van der Waals surface area (Å²) in [6.45, 7) is 1.05. The van der Waals surface area contributed by atoms with Crippen molar-refractivity contribution in [3.63, 3.8) is 0 Å². The van der Waals surface area contributed by atoms with Crippen LogP contribution in [0.3, 0.4) is 0 Å². The van der Waals surface area contributed by atoms with Crippen LogP contribution in [-0.2, 0) is 5.11 Å². The third-order valence-corrected chi connectivity index (χ3v) is 0.380. The third kappa shape index (κ3) is 1.72. The first-order valence-corrected chi connectivity index (χ1v) is 1.57. The second-order valence-corrected chi connectivity index (χ2v) is 0.980. The van der Waals surface area contributed by atoms with E-state index >= 15 is 0 Å². The minimum absolute atomic E-state index is 0.218. The molecule has 0 bridgehead atoms. The average Bonchev–Trinajstić information content (AvgIpc) is 1.65. The summed E-state index contributed by atoms with van der Waals surface area (Å²) in [5, 5.41) is 19.9.